The normalized spacial score (nSPS) is 15.7. The number of halogens is 1. The molecule has 0 spiro atoms. The fourth-order valence-electron chi connectivity index (χ4n) is 0.832. The van der Waals surface area contributed by atoms with Gasteiger partial charge in [0, 0.05) is 6.04 Å². The van der Waals surface area contributed by atoms with E-state index in [0.29, 0.717) is 5.69 Å². The lowest BCUT2D eigenvalue weighted by Gasteiger charge is -2.12. The number of aliphatic hydroxyl groups excluding tert-OH is 1. The molecular weight excluding hydrogens is 159 g/mol. The molecule has 0 aliphatic heterocycles. The third-order valence-electron chi connectivity index (χ3n) is 1.55. The zero-order valence-corrected chi connectivity index (χ0v) is 6.74. The van der Waals surface area contributed by atoms with Crippen molar-refractivity contribution in [3.05, 3.63) is 29.8 Å². The first-order chi connectivity index (χ1) is 5.61. The van der Waals surface area contributed by atoms with Gasteiger partial charge in [0.25, 0.3) is 0 Å². The minimum atomic E-state index is -0.828. The molecule has 0 aliphatic rings. The molecule has 3 N–H and O–H groups in total. The number of aromatic nitrogens is 1. The number of aliphatic hydroxyl groups is 1. The number of hydrogen-bond acceptors (Lipinski definition) is 3. The number of nitrogens with zero attached hydrogens (tertiary/aromatic N) is 1. The topological polar surface area (TPSA) is 59.1 Å². The van der Waals surface area contributed by atoms with Gasteiger partial charge in [-0.1, -0.05) is 0 Å². The second kappa shape index (κ2) is 3.60. The van der Waals surface area contributed by atoms with Gasteiger partial charge in [-0.3, -0.25) is 4.98 Å². The van der Waals surface area contributed by atoms with Crippen LogP contribution in [0.4, 0.5) is 4.39 Å². The van der Waals surface area contributed by atoms with Crippen molar-refractivity contribution in [2.45, 2.75) is 19.1 Å². The zero-order valence-electron chi connectivity index (χ0n) is 6.74. The van der Waals surface area contributed by atoms with E-state index >= 15 is 0 Å². The van der Waals surface area contributed by atoms with E-state index in [1.807, 2.05) is 0 Å². The van der Waals surface area contributed by atoms with Crippen LogP contribution in [0.25, 0.3) is 0 Å². The Kier molecular flexibility index (Phi) is 2.73. The monoisotopic (exact) mass is 170 g/mol. The van der Waals surface area contributed by atoms with Gasteiger partial charge in [0.15, 0.2) is 0 Å². The summed E-state index contributed by atoms with van der Waals surface area (Å²) in [7, 11) is 0. The lowest BCUT2D eigenvalue weighted by molar-refractivity contribution is 0.148. The Hall–Kier alpha value is -1.00. The summed E-state index contributed by atoms with van der Waals surface area (Å²) in [6.07, 6.45) is 0.228. The van der Waals surface area contributed by atoms with E-state index in [2.05, 4.69) is 4.98 Å². The second-order valence-electron chi connectivity index (χ2n) is 2.71. The molecule has 4 heteroatoms. The molecule has 0 saturated carbocycles. The first-order valence-corrected chi connectivity index (χ1v) is 3.66. The summed E-state index contributed by atoms with van der Waals surface area (Å²) < 4.78 is 12.4. The van der Waals surface area contributed by atoms with Gasteiger partial charge >= 0.3 is 0 Å². The zero-order chi connectivity index (χ0) is 9.14. The number of nitrogens with two attached hydrogens (primary N) is 1. The highest BCUT2D eigenvalue weighted by molar-refractivity contribution is 5.09. The third kappa shape index (κ3) is 1.99. The average molecular weight is 170 g/mol. The fourth-order valence-corrected chi connectivity index (χ4v) is 0.832. The first-order valence-electron chi connectivity index (χ1n) is 3.66. The van der Waals surface area contributed by atoms with Crippen molar-refractivity contribution in [2.75, 3.05) is 0 Å². The van der Waals surface area contributed by atoms with Gasteiger partial charge in [0.05, 0.1) is 11.9 Å². The summed E-state index contributed by atoms with van der Waals surface area (Å²) in [5.74, 6) is -0.421. The number of rotatable bonds is 2. The van der Waals surface area contributed by atoms with Gasteiger partial charge in [-0.25, -0.2) is 4.39 Å². The van der Waals surface area contributed by atoms with Gasteiger partial charge < -0.3 is 10.8 Å². The highest BCUT2D eigenvalue weighted by Crippen LogP contribution is 2.12. The molecule has 1 rings (SSSR count). The maximum Gasteiger partial charge on any atom is 0.141 e. The lowest BCUT2D eigenvalue weighted by atomic mass is 10.1. The standard InChI is InChI=1S/C8H11FN2O/c1-5(10)8(12)7-3-2-6(9)4-11-7/h2-5,8,12H,10H2,1H3/t5-,8+/m0/s1. The summed E-state index contributed by atoms with van der Waals surface area (Å²) in [5, 5.41) is 9.38. The van der Waals surface area contributed by atoms with Crippen LogP contribution >= 0.6 is 0 Å². The van der Waals surface area contributed by atoms with Crippen molar-refractivity contribution in [3.63, 3.8) is 0 Å². The number of pyridine rings is 1. The van der Waals surface area contributed by atoms with E-state index < -0.39 is 18.0 Å². The molecule has 0 bridgehead atoms. The van der Waals surface area contributed by atoms with Gasteiger partial charge in [-0.2, -0.15) is 0 Å². The predicted octanol–water partition coefficient (Wildman–Crippen LogP) is 0.601. The fraction of sp³-hybridized carbons (Fsp3) is 0.375. The van der Waals surface area contributed by atoms with Crippen LogP contribution < -0.4 is 5.73 Å². The van der Waals surface area contributed by atoms with Crippen LogP contribution in [-0.4, -0.2) is 16.1 Å². The van der Waals surface area contributed by atoms with Crippen LogP contribution in [0, 0.1) is 5.82 Å². The molecule has 12 heavy (non-hydrogen) atoms. The van der Waals surface area contributed by atoms with Crippen molar-refractivity contribution in [1.82, 2.24) is 4.98 Å². The Labute approximate surface area is 70.0 Å². The summed E-state index contributed by atoms with van der Waals surface area (Å²) >= 11 is 0. The molecule has 0 fully saturated rings. The average Bonchev–Trinajstić information content (AvgIpc) is 2.04. The second-order valence-corrected chi connectivity index (χ2v) is 2.71. The van der Waals surface area contributed by atoms with Crippen LogP contribution in [0.5, 0.6) is 0 Å². The van der Waals surface area contributed by atoms with Crippen LogP contribution in [0.1, 0.15) is 18.7 Å². The Bertz CT molecular complexity index is 248. The van der Waals surface area contributed by atoms with Crippen LogP contribution in [0.3, 0.4) is 0 Å². The smallest absolute Gasteiger partial charge is 0.141 e. The van der Waals surface area contributed by atoms with E-state index in [9.17, 15) is 9.50 Å². The minimum absolute atomic E-state index is 0.395. The molecule has 1 heterocycles. The van der Waals surface area contributed by atoms with Crippen molar-refractivity contribution < 1.29 is 9.50 Å². The summed E-state index contributed by atoms with van der Waals surface area (Å²) in [5.41, 5.74) is 5.82. The van der Waals surface area contributed by atoms with E-state index in [1.54, 1.807) is 6.92 Å². The molecule has 0 unspecified atom stereocenters. The Morgan fingerprint density at radius 2 is 2.25 bits per heavy atom. The summed E-state index contributed by atoms with van der Waals surface area (Å²) in [6, 6.07) is 2.26. The van der Waals surface area contributed by atoms with Gasteiger partial charge in [0.1, 0.15) is 11.9 Å². The molecule has 0 radical (unpaired) electrons. The Morgan fingerprint density at radius 3 is 2.67 bits per heavy atom. The molecule has 3 nitrogen and oxygen atoms in total. The van der Waals surface area contributed by atoms with Gasteiger partial charge in [-0.15, -0.1) is 0 Å². The van der Waals surface area contributed by atoms with Crippen LogP contribution in [0.15, 0.2) is 18.3 Å². The van der Waals surface area contributed by atoms with E-state index in [4.69, 9.17) is 5.73 Å². The third-order valence-corrected chi connectivity index (χ3v) is 1.55. The quantitative estimate of drug-likeness (QED) is 0.683. The minimum Gasteiger partial charge on any atom is -0.385 e. The molecule has 1 aromatic rings. The summed E-state index contributed by atoms with van der Waals surface area (Å²) in [6.45, 7) is 1.66. The van der Waals surface area contributed by atoms with Gasteiger partial charge in [0.2, 0.25) is 0 Å². The van der Waals surface area contributed by atoms with E-state index in [1.165, 1.54) is 12.1 Å². The predicted molar refractivity (Wildman–Crippen MR) is 42.8 cm³/mol. The molecular formula is C8H11FN2O. The van der Waals surface area contributed by atoms with Crippen molar-refractivity contribution >= 4 is 0 Å². The number of hydrogen-bond donors (Lipinski definition) is 2. The molecule has 2 atom stereocenters. The maximum atomic E-state index is 12.4. The highest BCUT2D eigenvalue weighted by Gasteiger charge is 2.12. The molecule has 66 valence electrons. The maximum absolute atomic E-state index is 12.4. The molecule has 0 amide bonds. The first kappa shape index (κ1) is 9.09. The van der Waals surface area contributed by atoms with E-state index in [-0.39, 0.29) is 0 Å². The SMILES string of the molecule is C[C@H](N)[C@@H](O)c1ccc(F)cn1. The van der Waals surface area contributed by atoms with Crippen LogP contribution in [0.2, 0.25) is 0 Å². The Morgan fingerprint density at radius 1 is 1.58 bits per heavy atom. The Balaban J connectivity index is 2.82. The lowest BCUT2D eigenvalue weighted by Crippen LogP contribution is -2.25. The van der Waals surface area contributed by atoms with Crippen molar-refractivity contribution in [3.8, 4) is 0 Å². The molecule has 0 aromatic carbocycles. The molecule has 1 aromatic heterocycles. The van der Waals surface area contributed by atoms with E-state index in [0.717, 1.165) is 6.20 Å². The van der Waals surface area contributed by atoms with Crippen molar-refractivity contribution in [2.24, 2.45) is 5.73 Å². The van der Waals surface area contributed by atoms with Crippen molar-refractivity contribution in [1.29, 1.82) is 0 Å². The molecule has 0 aliphatic carbocycles. The van der Waals surface area contributed by atoms with Crippen LogP contribution in [-0.2, 0) is 0 Å². The summed E-state index contributed by atoms with van der Waals surface area (Å²) in [4.78, 5) is 3.69. The largest absolute Gasteiger partial charge is 0.385 e. The van der Waals surface area contributed by atoms with Gasteiger partial charge in [-0.05, 0) is 19.1 Å². The highest BCUT2D eigenvalue weighted by atomic mass is 19.1. The molecule has 0 saturated heterocycles.